The molecule has 8 aromatic heterocycles. The Morgan fingerprint density at radius 2 is 1.02 bits per heavy atom. The van der Waals surface area contributed by atoms with Crippen LogP contribution >= 0.6 is 11.8 Å². The van der Waals surface area contributed by atoms with Crippen LogP contribution in [-0.2, 0) is 32.1 Å². The normalized spacial score (nSPS) is 17.6. The first-order valence-corrected chi connectivity index (χ1v) is 31.9. The molecule has 17 heterocycles. The van der Waals surface area contributed by atoms with Crippen LogP contribution in [0, 0.1) is 5.92 Å². The van der Waals surface area contributed by atoms with Gasteiger partial charge >= 0.3 is 0 Å². The molecule has 2 atom stereocenters. The van der Waals surface area contributed by atoms with Gasteiger partial charge in [0.25, 0.3) is 0 Å². The molecule has 1 aliphatic carbocycles. The molecule has 1 saturated carbocycles. The smallest absolute Gasteiger partial charge is 0.168 e. The summed E-state index contributed by atoms with van der Waals surface area (Å²) >= 11 is 1.86. The van der Waals surface area contributed by atoms with Crippen LogP contribution in [0.15, 0.2) is 134 Å². The minimum absolute atomic E-state index is 0. The van der Waals surface area contributed by atoms with Crippen LogP contribution in [0.4, 0.5) is 52.1 Å². The van der Waals surface area contributed by atoms with Crippen molar-refractivity contribution >= 4 is 63.9 Å². The van der Waals surface area contributed by atoms with Crippen LogP contribution in [0.25, 0.3) is 0 Å². The van der Waals surface area contributed by atoms with Gasteiger partial charge < -0.3 is 57.9 Å². The van der Waals surface area contributed by atoms with Gasteiger partial charge in [0.15, 0.2) is 17.4 Å². The van der Waals surface area contributed by atoms with Gasteiger partial charge in [-0.05, 0) is 167 Å². The van der Waals surface area contributed by atoms with E-state index in [4.69, 9.17) is 4.74 Å². The van der Waals surface area contributed by atoms with Crippen molar-refractivity contribution in [2.75, 3.05) is 126 Å². The molecule has 18 rings (SSSR count). The van der Waals surface area contributed by atoms with Crippen molar-refractivity contribution in [3.63, 3.8) is 0 Å². The molecule has 23 heteroatoms. The molecule has 2 fully saturated rings. The van der Waals surface area contributed by atoms with Crippen molar-refractivity contribution in [3.05, 3.63) is 157 Å². The molecule has 22 nitrogen and oxygen atoms in total. The molecule has 0 spiro atoms. The SMILES string of the molecule is C.C.C1CC2CC1CN2.c1cc2c(cn1)CCCN2.c1cc2c(nn1)NCCC2.c1cnc2c(c1)CCN2.c1cnc2c(c1)NCCN2.c1cnc2c(c1)OCCN2.c1cnc2c(c1)SCCN2.c1cnc2c(n1)CCCCN2.c1cnc2c(n1)CCCN2. The Balaban J connectivity index is 0.000000129. The van der Waals surface area contributed by atoms with Gasteiger partial charge in [0.1, 0.15) is 35.7 Å². The maximum Gasteiger partial charge on any atom is 0.168 e. The van der Waals surface area contributed by atoms with Crippen molar-refractivity contribution in [3.8, 4) is 5.75 Å². The number of nitrogens with zero attached hydrogens (tertiary/aromatic N) is 11. The highest BCUT2D eigenvalue weighted by molar-refractivity contribution is 7.99. The van der Waals surface area contributed by atoms with Crippen LogP contribution in [0.3, 0.4) is 0 Å². The fourth-order valence-electron chi connectivity index (χ4n) is 10.9. The number of ether oxygens (including phenoxy) is 1. The lowest BCUT2D eigenvalue weighted by atomic mass is 10.1. The van der Waals surface area contributed by atoms with E-state index in [-0.39, 0.29) is 14.9 Å². The molecule has 472 valence electrons. The van der Waals surface area contributed by atoms with E-state index < -0.39 is 0 Å². The van der Waals surface area contributed by atoms with Crippen LogP contribution in [0.5, 0.6) is 5.75 Å². The molecule has 0 amide bonds. The Labute approximate surface area is 530 Å². The van der Waals surface area contributed by atoms with Gasteiger partial charge in [0.2, 0.25) is 0 Å². The fourth-order valence-corrected chi connectivity index (χ4v) is 11.7. The summed E-state index contributed by atoms with van der Waals surface area (Å²) < 4.78 is 5.30. The number of hydrogen-bond donors (Lipinski definition) is 10. The van der Waals surface area contributed by atoms with Gasteiger partial charge in [-0.3, -0.25) is 15.0 Å². The lowest BCUT2D eigenvalue weighted by Crippen LogP contribution is -2.23. The van der Waals surface area contributed by atoms with Crippen LogP contribution < -0.4 is 57.9 Å². The molecule has 9 aliphatic heterocycles. The van der Waals surface area contributed by atoms with E-state index in [0.717, 1.165) is 172 Å². The van der Waals surface area contributed by atoms with Crippen molar-refractivity contribution in [2.45, 2.75) is 109 Å². The summed E-state index contributed by atoms with van der Waals surface area (Å²) in [5, 5.41) is 40.1. The van der Waals surface area contributed by atoms with Crippen molar-refractivity contribution in [1.82, 2.24) is 60.4 Å². The zero-order valence-electron chi connectivity index (χ0n) is 49.7. The first kappa shape index (κ1) is 66.3. The number of hydrogen-bond acceptors (Lipinski definition) is 23. The Morgan fingerprint density at radius 3 is 1.73 bits per heavy atom. The van der Waals surface area contributed by atoms with Crippen molar-refractivity contribution < 1.29 is 4.74 Å². The van der Waals surface area contributed by atoms with E-state index in [1.165, 1.54) is 91.6 Å². The number of fused-ring (bicyclic) bond motifs is 10. The zero-order chi connectivity index (χ0) is 59.2. The molecule has 10 aliphatic rings. The summed E-state index contributed by atoms with van der Waals surface area (Å²) in [4.78, 5) is 38.7. The average Bonchev–Trinajstić information content (AvgIpc) is 4.51. The molecule has 2 bridgehead atoms. The summed E-state index contributed by atoms with van der Waals surface area (Å²) in [7, 11) is 0. The highest BCUT2D eigenvalue weighted by Crippen LogP contribution is 2.31. The fraction of sp³-hybridized carbons (Fsp3) is 0.439. The first-order chi connectivity index (χ1) is 43.2. The topological polar surface area (TPSA) is 271 Å². The summed E-state index contributed by atoms with van der Waals surface area (Å²) in [5.74, 6) is 9.91. The number of thioether (sulfide) groups is 1. The van der Waals surface area contributed by atoms with Gasteiger partial charge in [-0.15, -0.1) is 16.9 Å². The number of aryl methyl sites for hydroxylation is 4. The van der Waals surface area contributed by atoms with Gasteiger partial charge in [-0.1, -0.05) is 20.9 Å². The zero-order valence-corrected chi connectivity index (χ0v) is 50.5. The number of pyridine rings is 5. The Bertz CT molecular complexity index is 2710. The number of rotatable bonds is 0. The maximum atomic E-state index is 5.30. The van der Waals surface area contributed by atoms with E-state index >= 15 is 0 Å². The van der Waals surface area contributed by atoms with Gasteiger partial charge in [0.05, 0.1) is 29.8 Å². The molecule has 8 aromatic rings. The molecule has 89 heavy (non-hydrogen) atoms. The standard InChI is InChI=1S/C8H11N3.C8H10N2.3C7H9N3.C7H8N2O.C7H8N2S.C7H8N2.C6H11N.2CH4/c1-2-4-10-8-7(3-1)9-5-6-11-8;1-2-7-6-9-5-3-8(7)10-4-1;1-2-6-3-5-9-10-7(6)8-4-1;2*1-2-6-7(9-3-1)10-5-4-8-6;2*1-2-6-7(8-3-1)9-4-5-10-6;1-2-6-3-5-9-7(6)8-4-1;1-2-6-3-5(1)4-7-6;;/h5-6H,1-4H2,(H,10,11);3,5-6,10H,1-2,4H2;3,5H,1-2,4H2,(H,8,10);4-5H,1-3H2,(H,9,10);1-3,8H,4-5H2,(H,9,10);2*1-3H,4-5H2,(H,8,9);1-2,4H,3,5H2,(H,8,9);5-7H,1-4H2;2*1H4. The van der Waals surface area contributed by atoms with Gasteiger partial charge in [0, 0.05) is 137 Å². The highest BCUT2D eigenvalue weighted by atomic mass is 32.2. The summed E-state index contributed by atoms with van der Waals surface area (Å²) in [5.41, 5.74) is 8.58. The molecule has 10 N–H and O–H groups in total. The molecule has 0 aromatic carbocycles. The maximum absolute atomic E-state index is 5.30. The molecular formula is C66H91N21OS. The first-order valence-electron chi connectivity index (χ1n) is 30.9. The quantitative estimate of drug-likeness (QED) is 0.0676. The van der Waals surface area contributed by atoms with E-state index in [0.29, 0.717) is 0 Å². The Morgan fingerprint density at radius 1 is 0.416 bits per heavy atom. The molecular weight excluding hydrogens is 1130 g/mol. The van der Waals surface area contributed by atoms with Gasteiger partial charge in [-0.25, -0.2) is 29.9 Å². The third-order valence-corrected chi connectivity index (χ3v) is 16.4. The van der Waals surface area contributed by atoms with Crippen molar-refractivity contribution in [2.24, 2.45) is 5.92 Å². The van der Waals surface area contributed by atoms with Gasteiger partial charge in [-0.2, -0.15) is 5.10 Å². The van der Waals surface area contributed by atoms with E-state index in [2.05, 4.69) is 120 Å². The number of anilines is 9. The predicted molar refractivity (Wildman–Crippen MR) is 364 cm³/mol. The lowest BCUT2D eigenvalue weighted by Gasteiger charge is -2.17. The number of piperidine rings is 1. The second kappa shape index (κ2) is 37.2. The number of aromatic nitrogens is 11. The Hall–Kier alpha value is -8.70. The van der Waals surface area contributed by atoms with Crippen LogP contribution in [-0.4, -0.2) is 139 Å². The highest BCUT2D eigenvalue weighted by Gasteiger charge is 2.30. The predicted octanol–water partition coefficient (Wildman–Crippen LogP) is 10.8. The molecule has 2 unspecified atom stereocenters. The lowest BCUT2D eigenvalue weighted by molar-refractivity contribution is 0.321. The second-order valence-corrected chi connectivity index (χ2v) is 22.7. The molecule has 1 saturated heterocycles. The van der Waals surface area contributed by atoms with Crippen LogP contribution in [0.1, 0.15) is 94.3 Å². The average molecular weight is 1230 g/mol. The summed E-state index contributed by atoms with van der Waals surface area (Å²) in [6.45, 7) is 11.1. The number of nitrogens with one attached hydrogen (secondary N) is 10. The van der Waals surface area contributed by atoms with E-state index in [1.807, 2.05) is 85.1 Å². The van der Waals surface area contributed by atoms with E-state index in [9.17, 15) is 0 Å². The third kappa shape index (κ3) is 21.3. The minimum Gasteiger partial charge on any atom is -0.488 e. The monoisotopic (exact) mass is 1230 g/mol. The van der Waals surface area contributed by atoms with Crippen LogP contribution in [0.2, 0.25) is 0 Å². The molecule has 0 radical (unpaired) electrons. The summed E-state index contributed by atoms with van der Waals surface area (Å²) in [6, 6.07) is 20.9. The van der Waals surface area contributed by atoms with Crippen molar-refractivity contribution in [1.29, 1.82) is 0 Å². The Kier molecular flexibility index (Phi) is 27.7. The minimum atomic E-state index is 0. The van der Waals surface area contributed by atoms with E-state index in [1.54, 1.807) is 43.4 Å². The third-order valence-electron chi connectivity index (χ3n) is 15.3. The second-order valence-electron chi connectivity index (χ2n) is 21.6. The largest absolute Gasteiger partial charge is 0.488 e. The summed E-state index contributed by atoms with van der Waals surface area (Å²) in [6.07, 6.45) is 35.7.